The van der Waals surface area contributed by atoms with Crippen LogP contribution in [-0.2, 0) is 10.3 Å². The topological polar surface area (TPSA) is 49.7 Å². The molecule has 1 aliphatic carbocycles. The van der Waals surface area contributed by atoms with Gasteiger partial charge < -0.3 is 5.11 Å². The largest absolute Gasteiger partial charge is 0.507 e. The molecule has 15 heavy (non-hydrogen) atoms. The molecule has 1 aliphatic rings. The molecule has 0 atom stereocenters. The minimum atomic E-state index is -0.889. The Labute approximate surface area is 93.8 Å². The standard InChI is InChI=1S/C10H7BrFNO2/c11-6-1-2-7(15)8(9(6)12)10(3-4-10)13-5-14/h1-2,15H,3-4H2. The van der Waals surface area contributed by atoms with Gasteiger partial charge in [-0.1, -0.05) is 0 Å². The SMILES string of the molecule is O=C=NC1(c2c(O)ccc(Br)c2F)CC1. The molecule has 0 heterocycles. The van der Waals surface area contributed by atoms with Gasteiger partial charge in [0.2, 0.25) is 6.08 Å². The third-order valence-corrected chi connectivity index (χ3v) is 3.13. The van der Waals surface area contributed by atoms with E-state index in [4.69, 9.17) is 0 Å². The molecule has 1 aromatic rings. The Morgan fingerprint density at radius 1 is 1.53 bits per heavy atom. The number of rotatable bonds is 2. The average molecular weight is 272 g/mol. The van der Waals surface area contributed by atoms with Crippen molar-refractivity contribution in [2.24, 2.45) is 4.99 Å². The summed E-state index contributed by atoms with van der Waals surface area (Å²) in [6, 6.07) is 2.79. The van der Waals surface area contributed by atoms with E-state index in [1.165, 1.54) is 18.2 Å². The van der Waals surface area contributed by atoms with Crippen molar-refractivity contribution in [3.63, 3.8) is 0 Å². The van der Waals surface area contributed by atoms with Crippen LogP contribution in [0.25, 0.3) is 0 Å². The molecule has 3 nitrogen and oxygen atoms in total. The molecule has 1 fully saturated rings. The summed E-state index contributed by atoms with van der Waals surface area (Å²) >= 11 is 3.03. The highest BCUT2D eigenvalue weighted by Gasteiger charge is 2.49. The van der Waals surface area contributed by atoms with Gasteiger partial charge in [0.1, 0.15) is 17.1 Å². The van der Waals surface area contributed by atoms with E-state index >= 15 is 0 Å². The molecule has 1 aromatic carbocycles. The van der Waals surface area contributed by atoms with Crippen LogP contribution in [0.2, 0.25) is 0 Å². The van der Waals surface area contributed by atoms with Crippen molar-refractivity contribution in [3.8, 4) is 5.75 Å². The van der Waals surface area contributed by atoms with Crippen molar-refractivity contribution in [3.05, 3.63) is 28.0 Å². The predicted molar refractivity (Wildman–Crippen MR) is 54.8 cm³/mol. The van der Waals surface area contributed by atoms with Gasteiger partial charge in [-0.2, -0.15) is 4.99 Å². The Kier molecular flexibility index (Phi) is 2.37. The van der Waals surface area contributed by atoms with Gasteiger partial charge in [0.25, 0.3) is 0 Å². The van der Waals surface area contributed by atoms with E-state index in [9.17, 15) is 14.3 Å². The van der Waals surface area contributed by atoms with E-state index in [2.05, 4.69) is 20.9 Å². The van der Waals surface area contributed by atoms with Gasteiger partial charge in [0, 0.05) is 0 Å². The lowest BCUT2D eigenvalue weighted by atomic mass is 10.0. The maximum atomic E-state index is 13.7. The summed E-state index contributed by atoms with van der Waals surface area (Å²) in [4.78, 5) is 13.8. The van der Waals surface area contributed by atoms with Crippen molar-refractivity contribution in [1.82, 2.24) is 0 Å². The first-order valence-corrected chi connectivity index (χ1v) is 5.16. The van der Waals surface area contributed by atoms with Crippen LogP contribution >= 0.6 is 15.9 Å². The first kappa shape index (κ1) is 10.3. The van der Waals surface area contributed by atoms with Crippen LogP contribution in [0.5, 0.6) is 5.75 Å². The van der Waals surface area contributed by atoms with Gasteiger partial charge in [0.05, 0.1) is 10.0 Å². The number of phenolic OH excluding ortho intramolecular Hbond substituents is 1. The lowest BCUT2D eigenvalue weighted by molar-refractivity contribution is 0.445. The van der Waals surface area contributed by atoms with Crippen LogP contribution in [0.15, 0.2) is 21.6 Å². The fraction of sp³-hybridized carbons (Fsp3) is 0.300. The smallest absolute Gasteiger partial charge is 0.235 e. The zero-order valence-corrected chi connectivity index (χ0v) is 9.21. The number of hydrogen-bond acceptors (Lipinski definition) is 3. The molecule has 0 aromatic heterocycles. The normalized spacial score (nSPS) is 16.9. The van der Waals surface area contributed by atoms with Crippen molar-refractivity contribution >= 4 is 22.0 Å². The third kappa shape index (κ3) is 1.58. The fourth-order valence-electron chi connectivity index (χ4n) is 1.61. The number of aromatic hydroxyl groups is 1. The predicted octanol–water partition coefficient (Wildman–Crippen LogP) is 2.62. The maximum Gasteiger partial charge on any atom is 0.235 e. The van der Waals surface area contributed by atoms with Crippen LogP contribution in [-0.4, -0.2) is 11.2 Å². The highest BCUT2D eigenvalue weighted by atomic mass is 79.9. The second kappa shape index (κ2) is 3.43. The molecular formula is C10H7BrFNO2. The highest BCUT2D eigenvalue weighted by molar-refractivity contribution is 9.10. The van der Waals surface area contributed by atoms with Crippen LogP contribution in [0.1, 0.15) is 18.4 Å². The van der Waals surface area contributed by atoms with Gasteiger partial charge in [0.15, 0.2) is 0 Å². The van der Waals surface area contributed by atoms with Gasteiger partial charge >= 0.3 is 0 Å². The number of hydrogen-bond donors (Lipinski definition) is 1. The number of benzene rings is 1. The molecule has 0 radical (unpaired) electrons. The summed E-state index contributed by atoms with van der Waals surface area (Å²) in [5, 5.41) is 9.57. The first-order valence-electron chi connectivity index (χ1n) is 4.37. The summed E-state index contributed by atoms with van der Waals surface area (Å²) in [6.45, 7) is 0. The molecule has 0 saturated heterocycles. The van der Waals surface area contributed by atoms with E-state index in [0.29, 0.717) is 12.8 Å². The summed E-state index contributed by atoms with van der Waals surface area (Å²) < 4.78 is 14.0. The number of halogens is 2. The van der Waals surface area contributed by atoms with Crippen LogP contribution < -0.4 is 0 Å². The quantitative estimate of drug-likeness (QED) is 0.664. The van der Waals surface area contributed by atoms with E-state index in [-0.39, 0.29) is 15.8 Å². The lowest BCUT2D eigenvalue weighted by Gasteiger charge is -2.12. The molecule has 0 spiro atoms. The molecule has 0 unspecified atom stereocenters. The Morgan fingerprint density at radius 2 is 2.20 bits per heavy atom. The van der Waals surface area contributed by atoms with Gasteiger partial charge in [-0.25, -0.2) is 9.18 Å². The lowest BCUT2D eigenvalue weighted by Crippen LogP contribution is -2.06. The van der Waals surface area contributed by atoms with Crippen LogP contribution in [0.3, 0.4) is 0 Å². The summed E-state index contributed by atoms with van der Waals surface area (Å²) in [5.41, 5.74) is -0.806. The van der Waals surface area contributed by atoms with Crippen LogP contribution in [0, 0.1) is 5.82 Å². The van der Waals surface area contributed by atoms with Gasteiger partial charge in [-0.3, -0.25) is 0 Å². The Hall–Kier alpha value is -1.19. The maximum absolute atomic E-state index is 13.7. The van der Waals surface area contributed by atoms with E-state index in [1.807, 2.05) is 0 Å². The molecule has 5 heteroatoms. The van der Waals surface area contributed by atoms with Crippen molar-refractivity contribution in [1.29, 1.82) is 0 Å². The number of aliphatic imine (C=N–C) groups is 1. The van der Waals surface area contributed by atoms with Crippen LogP contribution in [0.4, 0.5) is 4.39 Å². The Morgan fingerprint density at radius 3 is 2.73 bits per heavy atom. The van der Waals surface area contributed by atoms with Gasteiger partial charge in [-0.05, 0) is 40.9 Å². The Balaban J connectivity index is 2.62. The van der Waals surface area contributed by atoms with E-state index < -0.39 is 11.4 Å². The van der Waals surface area contributed by atoms with Crippen molar-refractivity contribution in [2.75, 3.05) is 0 Å². The molecule has 1 saturated carbocycles. The number of nitrogens with zero attached hydrogens (tertiary/aromatic N) is 1. The molecule has 0 amide bonds. The minimum Gasteiger partial charge on any atom is -0.507 e. The molecule has 0 aliphatic heterocycles. The zero-order chi connectivity index (χ0) is 11.1. The molecule has 78 valence electrons. The summed E-state index contributed by atoms with van der Waals surface area (Å²) in [7, 11) is 0. The number of isocyanates is 1. The van der Waals surface area contributed by atoms with E-state index in [1.54, 1.807) is 0 Å². The molecular weight excluding hydrogens is 265 g/mol. The monoisotopic (exact) mass is 271 g/mol. The second-order valence-corrected chi connectivity index (χ2v) is 4.34. The Bertz CT molecular complexity index is 465. The second-order valence-electron chi connectivity index (χ2n) is 3.49. The third-order valence-electron chi connectivity index (χ3n) is 2.52. The summed E-state index contributed by atoms with van der Waals surface area (Å²) in [6.07, 6.45) is 2.54. The first-order chi connectivity index (χ1) is 7.10. The average Bonchev–Trinajstić information content (AvgIpc) is 2.94. The number of carbonyl (C=O) groups excluding carboxylic acids is 1. The number of phenols is 1. The zero-order valence-electron chi connectivity index (χ0n) is 7.63. The molecule has 1 N–H and O–H groups in total. The van der Waals surface area contributed by atoms with Crippen molar-refractivity contribution < 1.29 is 14.3 Å². The summed E-state index contributed by atoms with van der Waals surface area (Å²) in [5.74, 6) is -0.737. The van der Waals surface area contributed by atoms with Crippen molar-refractivity contribution in [2.45, 2.75) is 18.4 Å². The van der Waals surface area contributed by atoms with E-state index in [0.717, 1.165) is 0 Å². The molecule has 2 rings (SSSR count). The van der Waals surface area contributed by atoms with Gasteiger partial charge in [-0.15, -0.1) is 0 Å². The minimum absolute atomic E-state index is 0.0835. The molecule has 0 bridgehead atoms. The fourth-order valence-corrected chi connectivity index (χ4v) is 1.94. The highest BCUT2D eigenvalue weighted by Crippen LogP contribution is 2.53.